The van der Waals surface area contributed by atoms with Crippen LogP contribution in [-0.4, -0.2) is 12.9 Å². The number of allylic oxidation sites excluding steroid dienone is 3. The van der Waals surface area contributed by atoms with E-state index in [0.717, 1.165) is 16.3 Å². The van der Waals surface area contributed by atoms with Gasteiger partial charge in [-0.25, -0.2) is 0 Å². The smallest absolute Gasteiger partial charge is 0.205 e. The van der Waals surface area contributed by atoms with Crippen LogP contribution in [0.25, 0.3) is 10.8 Å². The number of ketones is 1. The van der Waals surface area contributed by atoms with Crippen LogP contribution >= 0.6 is 0 Å². The van der Waals surface area contributed by atoms with E-state index < -0.39 is 5.92 Å². The van der Waals surface area contributed by atoms with E-state index in [-0.39, 0.29) is 22.7 Å². The zero-order valence-corrected chi connectivity index (χ0v) is 16.2. The minimum Gasteiger partial charge on any atom is -0.496 e. The molecule has 0 unspecified atom stereocenters. The summed E-state index contributed by atoms with van der Waals surface area (Å²) in [6.07, 6.45) is 0.994. The molecule has 0 radical (unpaired) electrons. The van der Waals surface area contributed by atoms with Crippen molar-refractivity contribution in [2.75, 3.05) is 7.11 Å². The number of nitrogens with two attached hydrogens (primary N) is 1. The summed E-state index contributed by atoms with van der Waals surface area (Å²) in [6, 6.07) is 13.9. The van der Waals surface area contributed by atoms with E-state index in [9.17, 15) is 10.1 Å². The van der Waals surface area contributed by atoms with Crippen molar-refractivity contribution in [3.05, 3.63) is 64.8 Å². The quantitative estimate of drug-likeness (QED) is 0.847. The first-order valence-electron chi connectivity index (χ1n) is 9.26. The third-order valence-electron chi connectivity index (χ3n) is 5.51. The van der Waals surface area contributed by atoms with Gasteiger partial charge in [-0.15, -0.1) is 0 Å². The third-order valence-corrected chi connectivity index (χ3v) is 5.51. The van der Waals surface area contributed by atoms with Gasteiger partial charge in [-0.05, 0) is 22.3 Å². The molecule has 0 bridgehead atoms. The highest BCUT2D eigenvalue weighted by atomic mass is 16.5. The molecule has 0 spiro atoms. The van der Waals surface area contributed by atoms with Crippen molar-refractivity contribution in [2.45, 2.75) is 32.6 Å². The number of carbonyl (C=O) groups is 1. The Morgan fingerprint density at radius 3 is 2.68 bits per heavy atom. The molecule has 1 aliphatic carbocycles. The van der Waals surface area contributed by atoms with Crippen molar-refractivity contribution >= 4 is 16.6 Å². The van der Waals surface area contributed by atoms with Crippen molar-refractivity contribution in [3.63, 3.8) is 0 Å². The lowest BCUT2D eigenvalue weighted by molar-refractivity contribution is -0.119. The number of nitriles is 1. The minimum atomic E-state index is -0.599. The van der Waals surface area contributed by atoms with Crippen LogP contribution in [0.2, 0.25) is 0 Å². The van der Waals surface area contributed by atoms with Crippen LogP contribution in [0.1, 0.15) is 38.2 Å². The molecule has 0 aromatic heterocycles. The lowest BCUT2D eigenvalue weighted by Gasteiger charge is -2.37. The number of carbonyl (C=O) groups excluding carboxylic acids is 1. The second kappa shape index (κ2) is 6.42. The molecule has 5 heteroatoms. The standard InChI is InChI=1S/C23H22N2O3/c1-23(2)10-16(26)21-18(11-23)28-22(25)15(12-24)20(21)19-14-7-5-4-6-13(14)8-9-17(19)27-3/h4-9,20H,10-11,25H2,1-3H3/t20-/m1/s1. The Morgan fingerprint density at radius 2 is 1.96 bits per heavy atom. The molecule has 1 heterocycles. The van der Waals surface area contributed by atoms with Gasteiger partial charge in [0.1, 0.15) is 23.2 Å². The van der Waals surface area contributed by atoms with Gasteiger partial charge >= 0.3 is 0 Å². The molecule has 2 aliphatic rings. The van der Waals surface area contributed by atoms with Crippen LogP contribution in [0.4, 0.5) is 0 Å². The number of fused-ring (bicyclic) bond motifs is 1. The molecule has 4 rings (SSSR count). The van der Waals surface area contributed by atoms with E-state index in [2.05, 4.69) is 6.07 Å². The van der Waals surface area contributed by atoms with Crippen LogP contribution in [-0.2, 0) is 9.53 Å². The monoisotopic (exact) mass is 374 g/mol. The first-order chi connectivity index (χ1) is 13.4. The van der Waals surface area contributed by atoms with Gasteiger partial charge in [0.2, 0.25) is 5.88 Å². The maximum Gasteiger partial charge on any atom is 0.205 e. The average molecular weight is 374 g/mol. The predicted molar refractivity (Wildman–Crippen MR) is 106 cm³/mol. The van der Waals surface area contributed by atoms with E-state index in [0.29, 0.717) is 29.9 Å². The Kier molecular flexibility index (Phi) is 4.15. The maximum absolute atomic E-state index is 13.2. The largest absolute Gasteiger partial charge is 0.496 e. The molecular formula is C23H22N2O3. The zero-order chi connectivity index (χ0) is 20.1. The molecule has 2 N–H and O–H groups in total. The predicted octanol–water partition coefficient (Wildman–Crippen LogP) is 4.30. The van der Waals surface area contributed by atoms with Gasteiger partial charge in [0.15, 0.2) is 5.78 Å². The maximum atomic E-state index is 13.2. The molecule has 1 aliphatic heterocycles. The minimum absolute atomic E-state index is 0.00788. The Morgan fingerprint density at radius 1 is 1.21 bits per heavy atom. The highest BCUT2D eigenvalue weighted by Crippen LogP contribution is 2.50. The molecule has 0 saturated heterocycles. The Bertz CT molecular complexity index is 1100. The summed E-state index contributed by atoms with van der Waals surface area (Å²) in [7, 11) is 1.59. The molecule has 0 saturated carbocycles. The number of rotatable bonds is 2. The van der Waals surface area contributed by atoms with Gasteiger partial charge in [0.25, 0.3) is 0 Å². The number of ether oxygens (including phenoxy) is 2. The number of Topliss-reactive ketones (excluding diaryl/α,β-unsaturated/α-hetero) is 1. The van der Waals surface area contributed by atoms with Crippen LogP contribution < -0.4 is 10.5 Å². The van der Waals surface area contributed by atoms with E-state index in [1.54, 1.807) is 7.11 Å². The second-order valence-corrected chi connectivity index (χ2v) is 8.11. The highest BCUT2D eigenvalue weighted by Gasteiger charge is 2.44. The summed E-state index contributed by atoms with van der Waals surface area (Å²) in [5.41, 5.74) is 7.49. The van der Waals surface area contributed by atoms with Crippen LogP contribution in [0.15, 0.2) is 59.2 Å². The molecule has 0 fully saturated rings. The van der Waals surface area contributed by atoms with Crippen molar-refractivity contribution in [3.8, 4) is 11.8 Å². The van der Waals surface area contributed by atoms with Gasteiger partial charge in [-0.2, -0.15) is 5.26 Å². The lowest BCUT2D eigenvalue weighted by atomic mass is 9.69. The number of hydrogen-bond acceptors (Lipinski definition) is 5. The third kappa shape index (κ3) is 2.73. The van der Waals surface area contributed by atoms with E-state index in [4.69, 9.17) is 15.2 Å². The van der Waals surface area contributed by atoms with Crippen molar-refractivity contribution in [1.82, 2.24) is 0 Å². The molecule has 142 valence electrons. The molecule has 28 heavy (non-hydrogen) atoms. The van der Waals surface area contributed by atoms with Crippen LogP contribution in [0, 0.1) is 16.7 Å². The van der Waals surface area contributed by atoms with Gasteiger partial charge in [-0.1, -0.05) is 44.2 Å². The number of benzene rings is 2. The Hall–Kier alpha value is -3.26. The zero-order valence-electron chi connectivity index (χ0n) is 16.2. The van der Waals surface area contributed by atoms with E-state index in [1.165, 1.54) is 0 Å². The Balaban J connectivity index is 2.05. The molecule has 2 aromatic rings. The lowest BCUT2D eigenvalue weighted by Crippen LogP contribution is -2.33. The topological polar surface area (TPSA) is 85.3 Å². The second-order valence-electron chi connectivity index (χ2n) is 8.11. The van der Waals surface area contributed by atoms with Crippen LogP contribution in [0.5, 0.6) is 5.75 Å². The van der Waals surface area contributed by atoms with Crippen molar-refractivity contribution in [2.24, 2.45) is 11.1 Å². The molecular weight excluding hydrogens is 352 g/mol. The van der Waals surface area contributed by atoms with Gasteiger partial charge in [0.05, 0.1) is 13.0 Å². The summed E-state index contributed by atoms with van der Waals surface area (Å²) < 4.78 is 11.4. The fourth-order valence-corrected chi connectivity index (χ4v) is 4.32. The molecule has 5 nitrogen and oxygen atoms in total. The average Bonchev–Trinajstić information content (AvgIpc) is 2.65. The molecule has 2 aromatic carbocycles. The Labute approximate surface area is 164 Å². The van der Waals surface area contributed by atoms with E-state index in [1.807, 2.05) is 50.2 Å². The van der Waals surface area contributed by atoms with Gasteiger partial charge in [-0.3, -0.25) is 4.79 Å². The normalized spacial score (nSPS) is 21.2. The number of nitrogens with zero attached hydrogens (tertiary/aromatic N) is 1. The first kappa shape index (κ1) is 18.1. The van der Waals surface area contributed by atoms with Crippen molar-refractivity contribution < 1.29 is 14.3 Å². The summed E-state index contributed by atoms with van der Waals surface area (Å²) in [5, 5.41) is 11.8. The SMILES string of the molecule is COc1ccc2ccccc2c1[C@H]1C(C#N)=C(N)OC2=C1C(=O)CC(C)(C)C2. The number of hydrogen-bond donors (Lipinski definition) is 1. The van der Waals surface area contributed by atoms with Crippen LogP contribution in [0.3, 0.4) is 0 Å². The first-order valence-corrected chi connectivity index (χ1v) is 9.26. The van der Waals surface area contributed by atoms with Crippen molar-refractivity contribution in [1.29, 1.82) is 5.26 Å². The van der Waals surface area contributed by atoms with E-state index >= 15 is 0 Å². The summed E-state index contributed by atoms with van der Waals surface area (Å²) in [4.78, 5) is 13.2. The summed E-state index contributed by atoms with van der Waals surface area (Å²) >= 11 is 0. The summed E-state index contributed by atoms with van der Waals surface area (Å²) in [5.74, 6) is 0.644. The van der Waals surface area contributed by atoms with Gasteiger partial charge in [0, 0.05) is 24.0 Å². The fraction of sp³-hybridized carbons (Fsp3) is 0.304. The number of methoxy groups -OCH3 is 1. The molecule has 0 amide bonds. The molecule has 1 atom stereocenters. The van der Waals surface area contributed by atoms with Gasteiger partial charge < -0.3 is 15.2 Å². The highest BCUT2D eigenvalue weighted by molar-refractivity contribution is 6.02. The fourth-order valence-electron chi connectivity index (χ4n) is 4.32. The summed E-state index contributed by atoms with van der Waals surface area (Å²) in [6.45, 7) is 4.07.